The molecule has 7 heteroatoms. The van der Waals surface area contributed by atoms with Crippen molar-refractivity contribution in [2.45, 2.75) is 12.1 Å². The summed E-state index contributed by atoms with van der Waals surface area (Å²) in [6.45, 7) is 5.83. The van der Waals surface area contributed by atoms with Crippen molar-refractivity contribution in [1.29, 1.82) is 0 Å². The fraction of sp³-hybridized carbons (Fsp3) is 0.429. The van der Waals surface area contributed by atoms with Gasteiger partial charge in [-0.2, -0.15) is 0 Å². The molecule has 2 aromatic rings. The summed E-state index contributed by atoms with van der Waals surface area (Å²) in [7, 11) is 0. The van der Waals surface area contributed by atoms with Crippen LogP contribution in [0.5, 0.6) is 0 Å². The Hall–Kier alpha value is -1.89. The Balaban J connectivity index is 1.71. The fourth-order valence-electron chi connectivity index (χ4n) is 2.45. The molecule has 110 valence electrons. The van der Waals surface area contributed by atoms with E-state index in [9.17, 15) is 0 Å². The van der Waals surface area contributed by atoms with Crippen LogP contribution in [0, 0.1) is 6.92 Å². The topological polar surface area (TPSA) is 58.0 Å². The van der Waals surface area contributed by atoms with Crippen LogP contribution in [-0.2, 0) is 0 Å². The zero-order valence-corrected chi connectivity index (χ0v) is 13.0. The highest BCUT2D eigenvalue weighted by Crippen LogP contribution is 2.22. The van der Waals surface area contributed by atoms with Crippen molar-refractivity contribution >= 4 is 23.4 Å². The molecule has 21 heavy (non-hydrogen) atoms. The third-order valence-corrected chi connectivity index (χ3v) is 4.14. The number of thioether (sulfide) groups is 1. The van der Waals surface area contributed by atoms with E-state index in [1.807, 2.05) is 18.5 Å². The van der Waals surface area contributed by atoms with Gasteiger partial charge in [0.05, 0.1) is 0 Å². The van der Waals surface area contributed by atoms with E-state index in [0.717, 1.165) is 48.5 Å². The van der Waals surface area contributed by atoms with Crippen molar-refractivity contribution in [2.75, 3.05) is 42.2 Å². The molecule has 2 aromatic heterocycles. The molecule has 1 aliphatic rings. The van der Waals surface area contributed by atoms with Crippen molar-refractivity contribution in [3.8, 4) is 0 Å². The Bertz CT molecular complexity index is 598. The largest absolute Gasteiger partial charge is 0.353 e. The van der Waals surface area contributed by atoms with Crippen molar-refractivity contribution in [3.05, 3.63) is 30.4 Å². The molecule has 3 rings (SSSR count). The number of rotatable bonds is 3. The molecule has 0 atom stereocenters. The van der Waals surface area contributed by atoms with Gasteiger partial charge in [-0.25, -0.2) is 19.9 Å². The van der Waals surface area contributed by atoms with Gasteiger partial charge >= 0.3 is 0 Å². The van der Waals surface area contributed by atoms with Crippen molar-refractivity contribution in [3.63, 3.8) is 0 Å². The standard InChI is InChI=1S/C14H18N6S/c1-11-9-16-14(21-2)18-13(11)20-7-5-19(6-8-20)12-3-4-15-10-17-12/h3-4,9-10H,5-8H2,1-2H3. The van der Waals surface area contributed by atoms with Crippen molar-refractivity contribution in [2.24, 2.45) is 0 Å². The molecule has 6 nitrogen and oxygen atoms in total. The van der Waals surface area contributed by atoms with Crippen LogP contribution < -0.4 is 9.80 Å². The Morgan fingerprint density at radius 1 is 1.10 bits per heavy atom. The van der Waals surface area contributed by atoms with Gasteiger partial charge in [-0.15, -0.1) is 0 Å². The summed E-state index contributed by atoms with van der Waals surface area (Å²) in [5.41, 5.74) is 1.13. The first-order valence-electron chi connectivity index (χ1n) is 6.91. The van der Waals surface area contributed by atoms with Crippen LogP contribution in [0.15, 0.2) is 29.9 Å². The highest BCUT2D eigenvalue weighted by atomic mass is 32.2. The van der Waals surface area contributed by atoms with E-state index in [1.54, 1.807) is 24.3 Å². The summed E-state index contributed by atoms with van der Waals surface area (Å²) < 4.78 is 0. The normalized spacial score (nSPS) is 15.3. The molecule has 0 radical (unpaired) electrons. The minimum atomic E-state index is 0.828. The minimum Gasteiger partial charge on any atom is -0.353 e. The summed E-state index contributed by atoms with van der Waals surface area (Å²) in [6, 6.07) is 1.96. The van der Waals surface area contributed by atoms with Gasteiger partial charge < -0.3 is 9.80 Å². The zero-order chi connectivity index (χ0) is 14.7. The summed E-state index contributed by atoms with van der Waals surface area (Å²) in [5.74, 6) is 2.05. The lowest BCUT2D eigenvalue weighted by Gasteiger charge is -2.36. The molecule has 1 aliphatic heterocycles. The first-order valence-corrected chi connectivity index (χ1v) is 8.14. The Labute approximate surface area is 128 Å². The van der Waals surface area contributed by atoms with Crippen molar-refractivity contribution < 1.29 is 0 Å². The monoisotopic (exact) mass is 302 g/mol. The summed E-state index contributed by atoms with van der Waals surface area (Å²) in [6.07, 6.45) is 7.29. The number of anilines is 2. The van der Waals surface area contributed by atoms with Gasteiger partial charge in [0.15, 0.2) is 5.16 Å². The minimum absolute atomic E-state index is 0.828. The van der Waals surface area contributed by atoms with Crippen LogP contribution >= 0.6 is 11.8 Å². The molecule has 0 aliphatic carbocycles. The zero-order valence-electron chi connectivity index (χ0n) is 12.2. The van der Waals surface area contributed by atoms with E-state index in [0.29, 0.717) is 0 Å². The fourth-order valence-corrected chi connectivity index (χ4v) is 2.79. The van der Waals surface area contributed by atoms with Gasteiger partial charge in [-0.1, -0.05) is 11.8 Å². The van der Waals surface area contributed by atoms with Gasteiger partial charge in [0.1, 0.15) is 18.0 Å². The number of hydrogen-bond donors (Lipinski definition) is 0. The molecule has 3 heterocycles. The van der Waals surface area contributed by atoms with Gasteiger partial charge in [0, 0.05) is 44.1 Å². The van der Waals surface area contributed by atoms with Gasteiger partial charge in [-0.3, -0.25) is 0 Å². The summed E-state index contributed by atoms with van der Waals surface area (Å²) in [4.78, 5) is 21.8. The first-order chi connectivity index (χ1) is 10.3. The van der Waals surface area contributed by atoms with Crippen molar-refractivity contribution in [1.82, 2.24) is 19.9 Å². The number of piperazine rings is 1. The quantitative estimate of drug-likeness (QED) is 0.631. The van der Waals surface area contributed by atoms with E-state index in [4.69, 9.17) is 0 Å². The average molecular weight is 302 g/mol. The van der Waals surface area contributed by atoms with E-state index >= 15 is 0 Å². The summed E-state index contributed by atoms with van der Waals surface area (Å²) in [5, 5.41) is 0.828. The molecule has 0 saturated carbocycles. The third-order valence-electron chi connectivity index (χ3n) is 3.58. The second-order valence-electron chi connectivity index (χ2n) is 4.90. The van der Waals surface area contributed by atoms with Gasteiger partial charge in [0.2, 0.25) is 0 Å². The lowest BCUT2D eigenvalue weighted by atomic mass is 10.2. The Kier molecular flexibility index (Phi) is 4.19. The second-order valence-corrected chi connectivity index (χ2v) is 5.68. The first kappa shape index (κ1) is 14.1. The highest BCUT2D eigenvalue weighted by molar-refractivity contribution is 7.98. The van der Waals surface area contributed by atoms with Crippen LogP contribution in [0.2, 0.25) is 0 Å². The maximum absolute atomic E-state index is 4.65. The molecule has 0 spiro atoms. The molecule has 1 fully saturated rings. The van der Waals surface area contributed by atoms with Crippen LogP contribution in [-0.4, -0.2) is 52.4 Å². The Morgan fingerprint density at radius 2 is 1.86 bits per heavy atom. The molecule has 0 bridgehead atoms. The highest BCUT2D eigenvalue weighted by Gasteiger charge is 2.20. The van der Waals surface area contributed by atoms with E-state index in [1.165, 1.54) is 0 Å². The van der Waals surface area contributed by atoms with Crippen LogP contribution in [0.25, 0.3) is 0 Å². The third kappa shape index (κ3) is 3.07. The maximum Gasteiger partial charge on any atom is 0.189 e. The van der Waals surface area contributed by atoms with E-state index in [-0.39, 0.29) is 0 Å². The number of hydrogen-bond acceptors (Lipinski definition) is 7. The van der Waals surface area contributed by atoms with Crippen LogP contribution in [0.1, 0.15) is 5.56 Å². The predicted molar refractivity (Wildman–Crippen MR) is 85.0 cm³/mol. The molecule has 1 saturated heterocycles. The Morgan fingerprint density at radius 3 is 2.52 bits per heavy atom. The molecule has 0 aromatic carbocycles. The maximum atomic E-state index is 4.65. The number of aromatic nitrogens is 4. The van der Waals surface area contributed by atoms with Gasteiger partial charge in [0.25, 0.3) is 0 Å². The SMILES string of the molecule is CSc1ncc(C)c(N2CCN(c3ccncn3)CC2)n1. The second kappa shape index (κ2) is 6.26. The smallest absolute Gasteiger partial charge is 0.189 e. The molecular weight excluding hydrogens is 284 g/mol. The molecule has 0 amide bonds. The van der Waals surface area contributed by atoms with Crippen LogP contribution in [0.4, 0.5) is 11.6 Å². The summed E-state index contributed by atoms with van der Waals surface area (Å²) >= 11 is 1.58. The molecule has 0 N–H and O–H groups in total. The number of nitrogens with zero attached hydrogens (tertiary/aromatic N) is 6. The lowest BCUT2D eigenvalue weighted by Crippen LogP contribution is -2.47. The average Bonchev–Trinajstić information content (AvgIpc) is 2.56. The van der Waals surface area contributed by atoms with E-state index < -0.39 is 0 Å². The van der Waals surface area contributed by atoms with Gasteiger partial charge in [-0.05, 0) is 19.2 Å². The van der Waals surface area contributed by atoms with E-state index in [2.05, 4.69) is 36.7 Å². The molecule has 0 unspecified atom stereocenters. The molecular formula is C14H18N6S. The predicted octanol–water partition coefficient (Wildman–Crippen LogP) is 1.62. The number of aryl methyl sites for hydroxylation is 1. The lowest BCUT2D eigenvalue weighted by molar-refractivity contribution is 0.635. The van der Waals surface area contributed by atoms with Crippen LogP contribution in [0.3, 0.4) is 0 Å².